The monoisotopic (exact) mass is 601 g/mol. The van der Waals surface area contributed by atoms with Crippen molar-refractivity contribution in [3.8, 4) is 22.3 Å². The van der Waals surface area contributed by atoms with Crippen LogP contribution in [0.5, 0.6) is 0 Å². The number of carbonyl (C=O) groups is 2. The zero-order valence-corrected chi connectivity index (χ0v) is 23.3. The number of hydrogen-bond acceptors (Lipinski definition) is 5. The van der Waals surface area contributed by atoms with Crippen molar-refractivity contribution in [2.24, 2.45) is 0 Å². The third-order valence-corrected chi connectivity index (χ3v) is 6.88. The Labute approximate surface area is 270 Å². The summed E-state index contributed by atoms with van der Waals surface area (Å²) in [4.78, 5) is 29.2. The summed E-state index contributed by atoms with van der Waals surface area (Å²) >= 11 is 0. The Hall–Kier alpha value is -3.41. The summed E-state index contributed by atoms with van der Waals surface area (Å²) in [7, 11) is 0. The molecular formula is C32H34F2N3NaO5. The molecule has 2 atom stereocenters. The summed E-state index contributed by atoms with van der Waals surface area (Å²) in [5.74, 6) is -2.20. The van der Waals surface area contributed by atoms with Gasteiger partial charge in [0.1, 0.15) is 23.1 Å². The van der Waals surface area contributed by atoms with Gasteiger partial charge >= 0.3 is 35.5 Å². The molecule has 0 saturated heterocycles. The van der Waals surface area contributed by atoms with E-state index in [4.69, 9.17) is 5.11 Å². The number of rotatable bonds is 12. The standard InChI is InChI=1S/C32H33F2N3O5.Na.H/c1-19(2)37-26(15-14-24(38)17-25(39)18-28(40)41)29(20-6-10-22(33)11-7-20)30(21-8-12-23(34)13-9-21)31(37)32(42)36-27-5-3-4-16-35-27;;/h3-13,16,19,24-25,38-39H,14-15,17-18H2,1-2H3,(H,40,41)(H,35,36,42);;/t24-,25-;;/m1../s1. The van der Waals surface area contributed by atoms with Crippen molar-refractivity contribution in [2.75, 3.05) is 5.32 Å². The van der Waals surface area contributed by atoms with Crippen molar-refractivity contribution in [3.05, 3.63) is 95.9 Å². The molecule has 2 aromatic carbocycles. The normalized spacial score (nSPS) is 12.4. The molecular weight excluding hydrogens is 567 g/mol. The number of aromatic nitrogens is 2. The van der Waals surface area contributed by atoms with Crippen molar-refractivity contribution < 1.29 is 33.7 Å². The second-order valence-corrected chi connectivity index (χ2v) is 10.4. The molecule has 11 heteroatoms. The maximum atomic E-state index is 14.0. The van der Waals surface area contributed by atoms with Gasteiger partial charge in [0.05, 0.1) is 18.6 Å². The Balaban J connectivity index is 0.00000506. The van der Waals surface area contributed by atoms with Gasteiger partial charge in [0.15, 0.2) is 0 Å². The Morgan fingerprint density at radius 1 is 0.884 bits per heavy atom. The number of carboxylic acid groups (broad SMARTS) is 1. The molecule has 2 aromatic heterocycles. The van der Waals surface area contributed by atoms with Gasteiger partial charge in [-0.2, -0.15) is 0 Å². The van der Waals surface area contributed by atoms with Crippen LogP contribution in [-0.2, 0) is 11.2 Å². The fourth-order valence-corrected chi connectivity index (χ4v) is 5.13. The summed E-state index contributed by atoms with van der Waals surface area (Å²) in [5.41, 5.74) is 3.21. The van der Waals surface area contributed by atoms with Crippen LogP contribution in [0.2, 0.25) is 0 Å². The number of aliphatic hydroxyl groups is 2. The van der Waals surface area contributed by atoms with Gasteiger partial charge in [0.25, 0.3) is 5.91 Å². The molecule has 0 fully saturated rings. The van der Waals surface area contributed by atoms with Crippen LogP contribution in [0, 0.1) is 11.6 Å². The predicted molar refractivity (Wildman–Crippen MR) is 162 cm³/mol. The molecule has 0 aliphatic heterocycles. The molecule has 222 valence electrons. The van der Waals surface area contributed by atoms with Gasteiger partial charge in [-0.15, -0.1) is 0 Å². The molecule has 8 nitrogen and oxygen atoms in total. The number of nitrogens with zero attached hydrogens (tertiary/aromatic N) is 2. The van der Waals surface area contributed by atoms with Crippen molar-refractivity contribution in [2.45, 2.75) is 57.8 Å². The number of anilines is 1. The van der Waals surface area contributed by atoms with Crippen LogP contribution < -0.4 is 5.32 Å². The van der Waals surface area contributed by atoms with Crippen LogP contribution in [0.25, 0.3) is 22.3 Å². The van der Waals surface area contributed by atoms with E-state index in [0.717, 1.165) is 0 Å². The van der Waals surface area contributed by atoms with Crippen molar-refractivity contribution in [3.63, 3.8) is 0 Å². The van der Waals surface area contributed by atoms with Gasteiger partial charge in [-0.3, -0.25) is 9.59 Å². The van der Waals surface area contributed by atoms with Crippen molar-refractivity contribution in [1.29, 1.82) is 0 Å². The molecule has 0 radical (unpaired) electrons. The number of carbonyl (C=O) groups excluding carboxylic acids is 1. The quantitative estimate of drug-likeness (QED) is 0.166. The molecule has 0 aliphatic rings. The zero-order valence-electron chi connectivity index (χ0n) is 23.3. The van der Waals surface area contributed by atoms with E-state index >= 15 is 0 Å². The molecule has 1 amide bonds. The molecule has 0 spiro atoms. The topological polar surface area (TPSA) is 125 Å². The molecule has 0 saturated carbocycles. The first kappa shape index (κ1) is 34.1. The molecule has 2 heterocycles. The molecule has 4 N–H and O–H groups in total. The predicted octanol–water partition coefficient (Wildman–Crippen LogP) is 5.20. The third-order valence-electron chi connectivity index (χ3n) is 6.88. The Morgan fingerprint density at radius 2 is 1.47 bits per heavy atom. The summed E-state index contributed by atoms with van der Waals surface area (Å²) in [6, 6.07) is 16.4. The SMILES string of the molecule is CC(C)n1c(CC[C@@H](O)C[C@@H](O)CC(=O)O)c(-c2ccc(F)cc2)c(-c2ccc(F)cc2)c1C(=O)Nc1ccccn1.[NaH]. The van der Waals surface area contributed by atoms with E-state index in [1.807, 2.05) is 18.4 Å². The fourth-order valence-electron chi connectivity index (χ4n) is 5.13. The van der Waals surface area contributed by atoms with Gasteiger partial charge in [-0.1, -0.05) is 30.3 Å². The van der Waals surface area contributed by atoms with E-state index in [9.17, 15) is 28.6 Å². The van der Waals surface area contributed by atoms with Crippen LogP contribution in [0.3, 0.4) is 0 Å². The summed E-state index contributed by atoms with van der Waals surface area (Å²) < 4.78 is 29.8. The van der Waals surface area contributed by atoms with E-state index in [2.05, 4.69) is 10.3 Å². The molecule has 4 rings (SSSR count). The minimum atomic E-state index is -1.22. The minimum absolute atomic E-state index is 0. The van der Waals surface area contributed by atoms with Crippen LogP contribution in [0.4, 0.5) is 14.6 Å². The van der Waals surface area contributed by atoms with E-state index in [0.29, 0.717) is 33.8 Å². The average molecular weight is 602 g/mol. The number of hydrogen-bond donors (Lipinski definition) is 4. The molecule has 4 aromatic rings. The zero-order chi connectivity index (χ0) is 30.4. The third kappa shape index (κ3) is 8.58. The number of nitrogens with one attached hydrogen (secondary N) is 1. The second-order valence-electron chi connectivity index (χ2n) is 10.4. The van der Waals surface area contributed by atoms with Gasteiger partial charge in [-0.05, 0) is 80.6 Å². The number of benzene rings is 2. The molecule has 0 aliphatic carbocycles. The maximum absolute atomic E-state index is 14.0. The van der Waals surface area contributed by atoms with Crippen LogP contribution in [-0.4, -0.2) is 78.5 Å². The van der Waals surface area contributed by atoms with Crippen LogP contribution >= 0.6 is 0 Å². The van der Waals surface area contributed by atoms with E-state index in [1.54, 1.807) is 48.7 Å². The number of aliphatic hydroxyl groups excluding tert-OH is 2. The Kier molecular flexibility index (Phi) is 12.2. The number of amides is 1. The first-order valence-electron chi connectivity index (χ1n) is 13.6. The van der Waals surface area contributed by atoms with Crippen LogP contribution in [0.1, 0.15) is 55.3 Å². The van der Waals surface area contributed by atoms with Gasteiger partial charge < -0.3 is 25.2 Å². The first-order valence-corrected chi connectivity index (χ1v) is 13.6. The Morgan fingerprint density at radius 3 is 1.98 bits per heavy atom. The van der Waals surface area contributed by atoms with E-state index in [-0.39, 0.29) is 60.6 Å². The van der Waals surface area contributed by atoms with Gasteiger partial charge in [0.2, 0.25) is 0 Å². The molecule has 0 unspecified atom stereocenters. The van der Waals surface area contributed by atoms with Gasteiger partial charge in [-0.25, -0.2) is 13.8 Å². The second kappa shape index (κ2) is 15.4. The average Bonchev–Trinajstić information content (AvgIpc) is 3.28. The van der Waals surface area contributed by atoms with E-state index < -0.39 is 42.1 Å². The summed E-state index contributed by atoms with van der Waals surface area (Å²) in [6.07, 6.45) is -0.960. The fraction of sp³-hybridized carbons (Fsp3) is 0.281. The number of aliphatic carboxylic acids is 1. The molecule has 0 bridgehead atoms. The summed E-state index contributed by atoms with van der Waals surface area (Å²) in [6.45, 7) is 3.80. The number of halogens is 2. The van der Waals surface area contributed by atoms with Crippen molar-refractivity contribution >= 4 is 47.3 Å². The van der Waals surface area contributed by atoms with Gasteiger partial charge in [0, 0.05) is 29.1 Å². The number of carboxylic acids is 1. The summed E-state index contributed by atoms with van der Waals surface area (Å²) in [5, 5.41) is 32.6. The molecule has 43 heavy (non-hydrogen) atoms. The van der Waals surface area contributed by atoms with E-state index in [1.165, 1.54) is 24.3 Å². The Bertz CT molecular complexity index is 1530. The van der Waals surface area contributed by atoms with Crippen LogP contribution in [0.15, 0.2) is 72.9 Å². The van der Waals surface area contributed by atoms with Crippen molar-refractivity contribution in [1.82, 2.24) is 9.55 Å². The first-order chi connectivity index (χ1) is 20.0. The number of pyridine rings is 1.